The van der Waals surface area contributed by atoms with Crippen LogP contribution >= 0.6 is 0 Å². The van der Waals surface area contributed by atoms with Gasteiger partial charge in [-0.1, -0.05) is 32.0 Å². The van der Waals surface area contributed by atoms with Crippen LogP contribution in [0.5, 0.6) is 5.75 Å². The SMILES string of the molecule is CCOc1ccc(C(=O)NC(C(=O)N2CCC(Nc3ccccc3)C2)C(C)C)cc1. The molecule has 2 unspecified atom stereocenters. The first-order valence-corrected chi connectivity index (χ1v) is 10.6. The fraction of sp³-hybridized carbons (Fsp3) is 0.417. The van der Waals surface area contributed by atoms with Gasteiger partial charge in [0.25, 0.3) is 5.91 Å². The highest BCUT2D eigenvalue weighted by Gasteiger charge is 2.33. The van der Waals surface area contributed by atoms with E-state index >= 15 is 0 Å². The van der Waals surface area contributed by atoms with E-state index in [4.69, 9.17) is 4.74 Å². The van der Waals surface area contributed by atoms with Gasteiger partial charge in [-0.3, -0.25) is 9.59 Å². The Bertz CT molecular complexity index is 837. The first kappa shape index (κ1) is 21.7. The molecule has 1 aliphatic rings. The second-order valence-corrected chi connectivity index (χ2v) is 7.93. The molecule has 2 N–H and O–H groups in total. The van der Waals surface area contributed by atoms with Crippen molar-refractivity contribution < 1.29 is 14.3 Å². The predicted molar refractivity (Wildman–Crippen MR) is 119 cm³/mol. The lowest BCUT2D eigenvalue weighted by molar-refractivity contribution is -0.133. The predicted octanol–water partition coefficient (Wildman–Crippen LogP) is 3.55. The van der Waals surface area contributed by atoms with Crippen LogP contribution < -0.4 is 15.4 Å². The summed E-state index contributed by atoms with van der Waals surface area (Å²) in [5.74, 6) is 0.440. The lowest BCUT2D eigenvalue weighted by Gasteiger charge is -2.27. The summed E-state index contributed by atoms with van der Waals surface area (Å²) in [6, 6.07) is 16.7. The van der Waals surface area contributed by atoms with E-state index in [0.29, 0.717) is 25.3 Å². The van der Waals surface area contributed by atoms with Crippen molar-refractivity contribution in [3.05, 3.63) is 60.2 Å². The molecule has 0 bridgehead atoms. The molecule has 1 fully saturated rings. The van der Waals surface area contributed by atoms with Crippen LogP contribution in [0.2, 0.25) is 0 Å². The van der Waals surface area contributed by atoms with Gasteiger partial charge in [0, 0.05) is 30.4 Å². The number of carbonyl (C=O) groups excluding carboxylic acids is 2. The van der Waals surface area contributed by atoms with Crippen molar-refractivity contribution in [2.45, 2.75) is 39.3 Å². The van der Waals surface area contributed by atoms with Gasteiger partial charge in [0.15, 0.2) is 0 Å². The maximum Gasteiger partial charge on any atom is 0.251 e. The Morgan fingerprint density at radius 2 is 1.80 bits per heavy atom. The molecule has 160 valence electrons. The summed E-state index contributed by atoms with van der Waals surface area (Å²) in [5, 5.41) is 6.42. The monoisotopic (exact) mass is 409 g/mol. The molecule has 2 atom stereocenters. The van der Waals surface area contributed by atoms with Crippen molar-refractivity contribution >= 4 is 17.5 Å². The van der Waals surface area contributed by atoms with Gasteiger partial charge >= 0.3 is 0 Å². The van der Waals surface area contributed by atoms with Gasteiger partial charge in [-0.2, -0.15) is 0 Å². The fourth-order valence-electron chi connectivity index (χ4n) is 3.65. The number of amides is 2. The second-order valence-electron chi connectivity index (χ2n) is 7.93. The molecule has 1 aliphatic heterocycles. The molecule has 0 radical (unpaired) electrons. The van der Waals surface area contributed by atoms with Crippen LogP contribution in [0.1, 0.15) is 37.6 Å². The Morgan fingerprint density at radius 1 is 1.10 bits per heavy atom. The molecule has 2 aromatic rings. The average molecular weight is 410 g/mol. The third-order valence-electron chi connectivity index (χ3n) is 5.29. The van der Waals surface area contributed by atoms with Crippen molar-refractivity contribution in [1.29, 1.82) is 0 Å². The maximum absolute atomic E-state index is 13.2. The standard InChI is InChI=1S/C24H31N3O3/c1-4-30-21-12-10-18(11-13-21)23(28)26-22(17(2)3)24(29)27-15-14-20(16-27)25-19-8-6-5-7-9-19/h5-13,17,20,22,25H,4,14-16H2,1-3H3,(H,26,28). The summed E-state index contributed by atoms with van der Waals surface area (Å²) < 4.78 is 5.42. The number of likely N-dealkylation sites (tertiary alicyclic amines) is 1. The van der Waals surface area contributed by atoms with Gasteiger partial charge in [0.2, 0.25) is 5.91 Å². The zero-order valence-electron chi connectivity index (χ0n) is 17.9. The average Bonchev–Trinajstić information content (AvgIpc) is 3.21. The number of benzene rings is 2. The van der Waals surface area contributed by atoms with E-state index in [9.17, 15) is 9.59 Å². The Balaban J connectivity index is 1.60. The molecular weight excluding hydrogens is 378 g/mol. The van der Waals surface area contributed by atoms with Crippen LogP contribution in [0.4, 0.5) is 5.69 Å². The van der Waals surface area contributed by atoms with E-state index in [1.807, 2.05) is 56.0 Å². The largest absolute Gasteiger partial charge is 0.494 e. The lowest BCUT2D eigenvalue weighted by Crippen LogP contribution is -2.51. The fourth-order valence-corrected chi connectivity index (χ4v) is 3.65. The summed E-state index contributed by atoms with van der Waals surface area (Å²) in [6.07, 6.45) is 0.887. The number of hydrogen-bond acceptors (Lipinski definition) is 4. The van der Waals surface area contributed by atoms with Crippen LogP contribution in [0.3, 0.4) is 0 Å². The first-order valence-electron chi connectivity index (χ1n) is 10.6. The summed E-state index contributed by atoms with van der Waals surface area (Å²) in [7, 11) is 0. The van der Waals surface area contributed by atoms with E-state index in [-0.39, 0.29) is 23.8 Å². The minimum atomic E-state index is -0.556. The number of anilines is 1. The van der Waals surface area contributed by atoms with Gasteiger partial charge in [-0.15, -0.1) is 0 Å². The molecule has 0 spiro atoms. The molecule has 6 heteroatoms. The van der Waals surface area contributed by atoms with Crippen molar-refractivity contribution in [1.82, 2.24) is 10.2 Å². The van der Waals surface area contributed by atoms with Crippen LogP contribution in [0, 0.1) is 5.92 Å². The highest BCUT2D eigenvalue weighted by Crippen LogP contribution is 2.19. The Kier molecular flexibility index (Phi) is 7.33. The lowest BCUT2D eigenvalue weighted by atomic mass is 10.0. The summed E-state index contributed by atoms with van der Waals surface area (Å²) in [5.41, 5.74) is 1.57. The van der Waals surface area contributed by atoms with Crippen molar-refractivity contribution in [2.24, 2.45) is 5.92 Å². The second kappa shape index (κ2) is 10.1. The Morgan fingerprint density at radius 3 is 2.43 bits per heavy atom. The molecule has 2 aromatic carbocycles. The number of rotatable bonds is 8. The third-order valence-corrected chi connectivity index (χ3v) is 5.29. The minimum absolute atomic E-state index is 0.00900. The van der Waals surface area contributed by atoms with Gasteiger partial charge in [0.1, 0.15) is 11.8 Å². The van der Waals surface area contributed by atoms with Gasteiger partial charge < -0.3 is 20.3 Å². The number of ether oxygens (including phenoxy) is 1. The van der Waals surface area contributed by atoms with Gasteiger partial charge in [0.05, 0.1) is 6.61 Å². The van der Waals surface area contributed by atoms with Crippen molar-refractivity contribution in [2.75, 3.05) is 25.0 Å². The molecule has 0 aromatic heterocycles. The van der Waals surface area contributed by atoms with Crippen LogP contribution in [0.25, 0.3) is 0 Å². The highest BCUT2D eigenvalue weighted by atomic mass is 16.5. The van der Waals surface area contributed by atoms with E-state index in [1.165, 1.54) is 0 Å². The van der Waals surface area contributed by atoms with Gasteiger partial charge in [-0.25, -0.2) is 0 Å². The van der Waals surface area contributed by atoms with Crippen molar-refractivity contribution in [3.63, 3.8) is 0 Å². The van der Waals surface area contributed by atoms with E-state index < -0.39 is 6.04 Å². The van der Waals surface area contributed by atoms with E-state index in [2.05, 4.69) is 10.6 Å². The van der Waals surface area contributed by atoms with E-state index in [0.717, 1.165) is 17.9 Å². The Labute approximate surface area is 178 Å². The molecule has 2 amide bonds. The molecular formula is C24H31N3O3. The molecule has 0 saturated carbocycles. The van der Waals surface area contributed by atoms with E-state index in [1.54, 1.807) is 24.3 Å². The first-order chi connectivity index (χ1) is 14.5. The van der Waals surface area contributed by atoms with Gasteiger partial charge in [-0.05, 0) is 55.7 Å². The minimum Gasteiger partial charge on any atom is -0.494 e. The number of carbonyl (C=O) groups is 2. The van der Waals surface area contributed by atoms with Crippen LogP contribution in [-0.2, 0) is 4.79 Å². The number of nitrogens with zero attached hydrogens (tertiary/aromatic N) is 1. The highest BCUT2D eigenvalue weighted by molar-refractivity contribution is 5.97. The Hall–Kier alpha value is -3.02. The summed E-state index contributed by atoms with van der Waals surface area (Å²) >= 11 is 0. The number of para-hydroxylation sites is 1. The quantitative estimate of drug-likeness (QED) is 0.700. The molecule has 3 rings (SSSR count). The smallest absolute Gasteiger partial charge is 0.251 e. The number of hydrogen-bond donors (Lipinski definition) is 2. The topological polar surface area (TPSA) is 70.7 Å². The van der Waals surface area contributed by atoms with Crippen molar-refractivity contribution in [3.8, 4) is 5.75 Å². The van der Waals surface area contributed by atoms with Crippen LogP contribution in [0.15, 0.2) is 54.6 Å². The third kappa shape index (κ3) is 5.53. The molecule has 6 nitrogen and oxygen atoms in total. The zero-order valence-corrected chi connectivity index (χ0v) is 17.9. The zero-order chi connectivity index (χ0) is 21.5. The molecule has 1 heterocycles. The molecule has 0 aliphatic carbocycles. The normalized spacial score (nSPS) is 16.9. The number of nitrogens with one attached hydrogen (secondary N) is 2. The summed E-state index contributed by atoms with van der Waals surface area (Å²) in [6.45, 7) is 7.72. The summed E-state index contributed by atoms with van der Waals surface area (Å²) in [4.78, 5) is 27.7. The maximum atomic E-state index is 13.2. The van der Waals surface area contributed by atoms with Crippen LogP contribution in [-0.4, -0.2) is 48.5 Å². The molecule has 30 heavy (non-hydrogen) atoms. The molecule has 1 saturated heterocycles.